The molecule has 0 bridgehead atoms. The summed E-state index contributed by atoms with van der Waals surface area (Å²) in [6, 6.07) is 13.6. The molecule has 0 aliphatic carbocycles. The molecule has 0 radical (unpaired) electrons. The molecule has 1 saturated heterocycles. The van der Waals surface area contributed by atoms with Gasteiger partial charge >= 0.3 is 0 Å². The number of nitriles is 1. The van der Waals surface area contributed by atoms with Crippen LogP contribution in [0.4, 0.5) is 4.39 Å². The van der Waals surface area contributed by atoms with Crippen molar-refractivity contribution in [2.45, 2.75) is 25.6 Å². The van der Waals surface area contributed by atoms with E-state index in [1.54, 1.807) is 0 Å². The Morgan fingerprint density at radius 2 is 2.00 bits per heavy atom. The molecular weight excluding hydrogens is 307 g/mol. The third-order valence-electron chi connectivity index (χ3n) is 3.94. The summed E-state index contributed by atoms with van der Waals surface area (Å²) < 4.78 is 24.8. The average Bonchev–Trinajstić information content (AvgIpc) is 2.62. The summed E-state index contributed by atoms with van der Waals surface area (Å²) in [6.07, 6.45) is 2.24. The highest BCUT2D eigenvalue weighted by Crippen LogP contribution is 2.22. The van der Waals surface area contributed by atoms with Crippen LogP contribution < -0.4 is 14.8 Å². The van der Waals surface area contributed by atoms with Gasteiger partial charge in [0.05, 0.1) is 5.56 Å². The maximum Gasteiger partial charge on any atom is 0.137 e. The molecule has 1 N–H and O–H groups in total. The van der Waals surface area contributed by atoms with Crippen molar-refractivity contribution < 1.29 is 13.9 Å². The lowest BCUT2D eigenvalue weighted by molar-refractivity contribution is 0.162. The molecule has 2 aromatic carbocycles. The highest BCUT2D eigenvalue weighted by atomic mass is 19.1. The van der Waals surface area contributed by atoms with E-state index in [2.05, 4.69) is 5.32 Å². The molecule has 1 aliphatic rings. The molecule has 3 rings (SSSR count). The van der Waals surface area contributed by atoms with Crippen molar-refractivity contribution in [3.8, 4) is 17.6 Å². The smallest absolute Gasteiger partial charge is 0.137 e. The fourth-order valence-corrected chi connectivity index (χ4v) is 2.69. The molecule has 0 amide bonds. The first kappa shape index (κ1) is 16.3. The Balaban J connectivity index is 1.63. The normalized spacial score (nSPS) is 14.8. The van der Waals surface area contributed by atoms with Gasteiger partial charge in [-0.1, -0.05) is 12.1 Å². The van der Waals surface area contributed by atoms with Crippen LogP contribution in [0.1, 0.15) is 24.0 Å². The molecule has 0 unspecified atom stereocenters. The van der Waals surface area contributed by atoms with E-state index >= 15 is 0 Å². The van der Waals surface area contributed by atoms with Crippen LogP contribution in [0.2, 0.25) is 0 Å². The Hall–Kier alpha value is -2.58. The van der Waals surface area contributed by atoms with E-state index in [9.17, 15) is 4.39 Å². The lowest BCUT2D eigenvalue weighted by atomic mass is 10.1. The molecule has 1 heterocycles. The predicted molar refractivity (Wildman–Crippen MR) is 88.4 cm³/mol. The van der Waals surface area contributed by atoms with Gasteiger partial charge in [0.15, 0.2) is 0 Å². The second-order valence-electron chi connectivity index (χ2n) is 5.76. The number of nitrogens with one attached hydrogen (secondary N) is 1. The van der Waals surface area contributed by atoms with E-state index in [1.165, 1.54) is 18.2 Å². The molecule has 1 aliphatic heterocycles. The van der Waals surface area contributed by atoms with Crippen LogP contribution in [0.3, 0.4) is 0 Å². The number of rotatable bonds is 5. The molecule has 5 heteroatoms. The van der Waals surface area contributed by atoms with Crippen LogP contribution in [0.15, 0.2) is 42.5 Å². The van der Waals surface area contributed by atoms with Crippen molar-refractivity contribution in [1.29, 1.82) is 5.26 Å². The minimum Gasteiger partial charge on any atom is -0.490 e. The fourth-order valence-electron chi connectivity index (χ4n) is 2.69. The summed E-state index contributed by atoms with van der Waals surface area (Å²) in [4.78, 5) is 0. The monoisotopic (exact) mass is 326 g/mol. The van der Waals surface area contributed by atoms with Crippen LogP contribution in [0, 0.1) is 17.1 Å². The number of hydrogen-bond donors (Lipinski definition) is 1. The molecule has 0 aromatic heterocycles. The van der Waals surface area contributed by atoms with Gasteiger partial charge in [-0.2, -0.15) is 5.26 Å². The molecule has 0 spiro atoms. The van der Waals surface area contributed by atoms with E-state index in [-0.39, 0.29) is 11.7 Å². The summed E-state index contributed by atoms with van der Waals surface area (Å²) in [5.41, 5.74) is 1.13. The Bertz CT molecular complexity index is 736. The molecule has 0 saturated carbocycles. The van der Waals surface area contributed by atoms with Crippen LogP contribution >= 0.6 is 0 Å². The summed E-state index contributed by atoms with van der Waals surface area (Å²) in [5, 5.41) is 12.4. The minimum atomic E-state index is -0.448. The number of ether oxygens (including phenoxy) is 2. The molecule has 4 nitrogen and oxygen atoms in total. The van der Waals surface area contributed by atoms with E-state index in [0.717, 1.165) is 37.2 Å². The second kappa shape index (κ2) is 7.80. The quantitative estimate of drug-likeness (QED) is 0.915. The highest BCUT2D eigenvalue weighted by molar-refractivity contribution is 5.43. The number of nitrogens with zero attached hydrogens (tertiary/aromatic N) is 1. The van der Waals surface area contributed by atoms with E-state index < -0.39 is 5.82 Å². The maximum atomic E-state index is 13.1. The minimum absolute atomic E-state index is 0.192. The standard InChI is InChI=1S/C19H19FN2O2/c20-16-4-5-19(15(11-16)12-21)23-13-14-2-1-3-18(10-14)24-17-6-8-22-9-7-17/h1-5,10-11,17,22H,6-9,13H2. The Morgan fingerprint density at radius 1 is 1.17 bits per heavy atom. The second-order valence-corrected chi connectivity index (χ2v) is 5.76. The maximum absolute atomic E-state index is 13.1. The van der Waals surface area contributed by atoms with Gasteiger partial charge in [-0.15, -0.1) is 0 Å². The topological polar surface area (TPSA) is 54.3 Å². The zero-order valence-electron chi connectivity index (χ0n) is 13.3. The molecule has 124 valence electrons. The van der Waals surface area contributed by atoms with Crippen molar-refractivity contribution in [2.24, 2.45) is 0 Å². The van der Waals surface area contributed by atoms with Gasteiger partial charge in [-0.05, 0) is 61.8 Å². The van der Waals surface area contributed by atoms with E-state index in [1.807, 2.05) is 30.3 Å². The Kier molecular flexibility index (Phi) is 5.29. The molecular formula is C19H19FN2O2. The van der Waals surface area contributed by atoms with Gasteiger partial charge in [0, 0.05) is 0 Å². The zero-order valence-corrected chi connectivity index (χ0v) is 13.3. The van der Waals surface area contributed by atoms with Crippen molar-refractivity contribution in [2.75, 3.05) is 13.1 Å². The third kappa shape index (κ3) is 4.24. The summed E-state index contributed by atoms with van der Waals surface area (Å²) >= 11 is 0. The van der Waals surface area contributed by atoms with Gasteiger partial charge in [0.2, 0.25) is 0 Å². The first-order valence-electron chi connectivity index (χ1n) is 8.03. The number of piperidine rings is 1. The van der Waals surface area contributed by atoms with Crippen LogP contribution in [0.5, 0.6) is 11.5 Å². The average molecular weight is 326 g/mol. The van der Waals surface area contributed by atoms with Gasteiger partial charge < -0.3 is 14.8 Å². The van der Waals surface area contributed by atoms with Crippen molar-refractivity contribution >= 4 is 0 Å². The zero-order chi connectivity index (χ0) is 16.8. The van der Waals surface area contributed by atoms with Crippen molar-refractivity contribution in [1.82, 2.24) is 5.32 Å². The highest BCUT2D eigenvalue weighted by Gasteiger charge is 2.14. The van der Waals surface area contributed by atoms with Gasteiger partial charge in [0.25, 0.3) is 0 Å². The first-order valence-corrected chi connectivity index (χ1v) is 8.03. The largest absolute Gasteiger partial charge is 0.490 e. The SMILES string of the molecule is N#Cc1cc(F)ccc1OCc1cccc(OC2CCNCC2)c1. The molecule has 1 fully saturated rings. The predicted octanol–water partition coefficient (Wildman–Crippen LogP) is 3.41. The summed E-state index contributed by atoms with van der Waals surface area (Å²) in [6.45, 7) is 2.26. The van der Waals surface area contributed by atoms with Crippen LogP contribution in [-0.2, 0) is 6.61 Å². The first-order chi connectivity index (χ1) is 11.7. The van der Waals surface area contributed by atoms with Crippen LogP contribution in [0.25, 0.3) is 0 Å². The fraction of sp³-hybridized carbons (Fsp3) is 0.316. The Labute approximate surface area is 140 Å². The Morgan fingerprint density at radius 3 is 2.79 bits per heavy atom. The van der Waals surface area contributed by atoms with Gasteiger partial charge in [-0.25, -0.2) is 4.39 Å². The molecule has 2 aromatic rings. The lowest BCUT2D eigenvalue weighted by Gasteiger charge is -2.24. The molecule has 0 atom stereocenters. The van der Waals surface area contributed by atoms with E-state index in [4.69, 9.17) is 14.7 Å². The van der Waals surface area contributed by atoms with Gasteiger partial charge in [-0.3, -0.25) is 0 Å². The number of halogens is 1. The summed E-state index contributed by atoms with van der Waals surface area (Å²) in [7, 11) is 0. The van der Waals surface area contributed by atoms with Crippen LogP contribution in [-0.4, -0.2) is 19.2 Å². The molecule has 24 heavy (non-hydrogen) atoms. The number of hydrogen-bond acceptors (Lipinski definition) is 4. The summed E-state index contributed by atoms with van der Waals surface area (Å²) in [5.74, 6) is 0.752. The number of benzene rings is 2. The van der Waals surface area contributed by atoms with Crippen molar-refractivity contribution in [3.05, 3.63) is 59.4 Å². The van der Waals surface area contributed by atoms with Gasteiger partial charge in [0.1, 0.15) is 36.1 Å². The van der Waals surface area contributed by atoms with E-state index in [0.29, 0.717) is 12.4 Å². The van der Waals surface area contributed by atoms with Crippen molar-refractivity contribution in [3.63, 3.8) is 0 Å². The third-order valence-corrected chi connectivity index (χ3v) is 3.94. The lowest BCUT2D eigenvalue weighted by Crippen LogP contribution is -2.34.